The third-order valence-corrected chi connectivity index (χ3v) is 9.44. The quantitative estimate of drug-likeness (QED) is 0.0914. The Morgan fingerprint density at radius 3 is 2.33 bits per heavy atom. The van der Waals surface area contributed by atoms with E-state index in [1.54, 1.807) is 24.3 Å². The largest absolute Gasteiger partial charge is 0.497 e. The Hall–Kier alpha value is -3.85. The zero-order valence-electron chi connectivity index (χ0n) is 26.2. The molecule has 1 saturated heterocycles. The van der Waals surface area contributed by atoms with Gasteiger partial charge in [0.15, 0.2) is 9.84 Å². The third kappa shape index (κ3) is 11.2. The summed E-state index contributed by atoms with van der Waals surface area (Å²) >= 11 is 0. The average molecular weight is 660 g/mol. The van der Waals surface area contributed by atoms with Gasteiger partial charge < -0.3 is 35.9 Å². The molecule has 2 amide bonds. The van der Waals surface area contributed by atoms with E-state index in [-0.39, 0.29) is 48.4 Å². The van der Waals surface area contributed by atoms with Gasteiger partial charge in [-0.25, -0.2) is 8.42 Å². The highest BCUT2D eigenvalue weighted by atomic mass is 32.2. The highest BCUT2D eigenvalue weighted by Gasteiger charge is 2.39. The summed E-state index contributed by atoms with van der Waals surface area (Å²) < 4.78 is 42.7. The number of nitrogens with one attached hydrogen (secondary N) is 2. The Bertz CT molecular complexity index is 1420. The number of methoxy groups -OCH3 is 1. The molecule has 252 valence electrons. The molecular weight excluding hydrogens is 614 g/mol. The van der Waals surface area contributed by atoms with Crippen LogP contribution in [0, 0.1) is 11.3 Å². The SMILES string of the molecule is COc1ccc(S(=O)(=O)C[C@H](CC(=O)CCCOCCOCCN)C(=O)N2CCC[C@H]2C(=O)NCc2ccc(C(=N)N)cc2)cc1. The van der Waals surface area contributed by atoms with Gasteiger partial charge in [0.25, 0.3) is 0 Å². The molecule has 1 heterocycles. The molecule has 0 aromatic heterocycles. The zero-order chi connectivity index (χ0) is 33.5. The summed E-state index contributed by atoms with van der Waals surface area (Å²) in [5, 5.41) is 10.4. The van der Waals surface area contributed by atoms with Crippen LogP contribution < -0.4 is 21.5 Å². The molecule has 0 saturated carbocycles. The number of carbonyl (C=O) groups excluding carboxylic acids is 3. The number of hydrogen-bond donors (Lipinski definition) is 4. The number of carbonyl (C=O) groups is 3. The third-order valence-electron chi connectivity index (χ3n) is 7.61. The molecule has 46 heavy (non-hydrogen) atoms. The number of nitrogen functional groups attached to an aromatic ring is 1. The molecule has 0 unspecified atom stereocenters. The van der Waals surface area contributed by atoms with Gasteiger partial charge in [-0.15, -0.1) is 0 Å². The molecular formula is C32H45N5O8S. The first-order chi connectivity index (χ1) is 22.1. The predicted octanol–water partition coefficient (Wildman–Crippen LogP) is 1.41. The molecule has 0 radical (unpaired) electrons. The second kappa shape index (κ2) is 18.3. The summed E-state index contributed by atoms with van der Waals surface area (Å²) in [6, 6.07) is 11.9. The monoisotopic (exact) mass is 659 g/mol. The van der Waals surface area contributed by atoms with Crippen molar-refractivity contribution in [1.29, 1.82) is 5.41 Å². The van der Waals surface area contributed by atoms with Crippen LogP contribution >= 0.6 is 0 Å². The normalized spacial score (nSPS) is 15.3. The number of likely N-dealkylation sites (tertiary alicyclic amines) is 1. The lowest BCUT2D eigenvalue weighted by molar-refractivity contribution is -0.142. The highest BCUT2D eigenvalue weighted by molar-refractivity contribution is 7.91. The minimum Gasteiger partial charge on any atom is -0.497 e. The minimum atomic E-state index is -3.97. The Labute approximate surface area is 270 Å². The van der Waals surface area contributed by atoms with Gasteiger partial charge in [-0.05, 0) is 49.1 Å². The van der Waals surface area contributed by atoms with Gasteiger partial charge in [-0.1, -0.05) is 24.3 Å². The number of sulfone groups is 1. The molecule has 1 aliphatic heterocycles. The van der Waals surface area contributed by atoms with Crippen molar-refractivity contribution in [2.45, 2.75) is 49.6 Å². The first kappa shape index (κ1) is 36.6. The van der Waals surface area contributed by atoms with E-state index in [0.717, 1.165) is 5.56 Å². The molecule has 13 nitrogen and oxygen atoms in total. The maximum Gasteiger partial charge on any atom is 0.243 e. The maximum absolute atomic E-state index is 13.9. The molecule has 1 fully saturated rings. The minimum absolute atomic E-state index is 0.00955. The number of amidine groups is 1. The smallest absolute Gasteiger partial charge is 0.243 e. The van der Waals surface area contributed by atoms with E-state index >= 15 is 0 Å². The van der Waals surface area contributed by atoms with Gasteiger partial charge in [0.05, 0.1) is 43.5 Å². The van der Waals surface area contributed by atoms with Gasteiger partial charge >= 0.3 is 0 Å². The molecule has 1 aliphatic rings. The topological polar surface area (TPSA) is 204 Å². The molecule has 6 N–H and O–H groups in total. The lowest BCUT2D eigenvalue weighted by atomic mass is 9.99. The standard InChI is InChI=1S/C32H45N5O8S/c1-43-27-10-12-28(13-11-27)46(41,42)22-25(20-26(38)4-3-16-44-18-19-45-17-14-33)32(40)37-15-2-5-29(37)31(39)36-21-23-6-8-24(9-7-23)30(34)35/h6-13,25,29H,2-5,14-22,33H2,1H3,(H3,34,35)(H,36,39)/t25-,29-/m0/s1. The number of hydrogen-bond acceptors (Lipinski definition) is 10. The predicted molar refractivity (Wildman–Crippen MR) is 172 cm³/mol. The number of rotatable bonds is 20. The fraction of sp³-hybridized carbons (Fsp3) is 0.500. The number of benzene rings is 2. The summed E-state index contributed by atoms with van der Waals surface area (Å²) in [6.07, 6.45) is 1.22. The van der Waals surface area contributed by atoms with Gasteiger partial charge in [0.1, 0.15) is 23.4 Å². The Morgan fingerprint density at radius 1 is 1.02 bits per heavy atom. The van der Waals surface area contributed by atoms with Crippen molar-refractivity contribution in [1.82, 2.24) is 10.2 Å². The summed E-state index contributed by atoms with van der Waals surface area (Å²) in [5.41, 5.74) is 12.2. The highest BCUT2D eigenvalue weighted by Crippen LogP contribution is 2.26. The van der Waals surface area contributed by atoms with Gasteiger partial charge in [-0.3, -0.25) is 19.8 Å². The zero-order valence-corrected chi connectivity index (χ0v) is 27.1. The maximum atomic E-state index is 13.9. The molecule has 2 aromatic carbocycles. The molecule has 0 spiro atoms. The van der Waals surface area contributed by atoms with Crippen molar-refractivity contribution in [3.63, 3.8) is 0 Å². The number of ketones is 1. The number of amides is 2. The second-order valence-corrected chi connectivity index (χ2v) is 13.1. The van der Waals surface area contributed by atoms with E-state index in [4.69, 9.17) is 31.1 Å². The molecule has 0 bridgehead atoms. The van der Waals surface area contributed by atoms with Gasteiger partial charge in [-0.2, -0.15) is 0 Å². The van der Waals surface area contributed by atoms with Crippen LogP contribution in [-0.4, -0.2) is 95.2 Å². The fourth-order valence-corrected chi connectivity index (χ4v) is 6.70. The molecule has 3 rings (SSSR count). The summed E-state index contributed by atoms with van der Waals surface area (Å²) in [5.74, 6) is -2.49. The van der Waals surface area contributed by atoms with Crippen LogP contribution in [0.15, 0.2) is 53.4 Å². The van der Waals surface area contributed by atoms with Crippen LogP contribution in [0.3, 0.4) is 0 Å². The lowest BCUT2D eigenvalue weighted by Crippen LogP contribution is -2.49. The summed E-state index contributed by atoms with van der Waals surface area (Å²) in [4.78, 5) is 41.6. The van der Waals surface area contributed by atoms with Crippen molar-refractivity contribution in [2.75, 3.05) is 52.4 Å². The second-order valence-electron chi connectivity index (χ2n) is 11.0. The number of ether oxygens (including phenoxy) is 3. The van der Waals surface area contributed by atoms with Crippen LogP contribution in [-0.2, 0) is 40.2 Å². The average Bonchev–Trinajstić information content (AvgIpc) is 3.54. The Balaban J connectivity index is 1.68. The van der Waals surface area contributed by atoms with Crippen LogP contribution in [0.2, 0.25) is 0 Å². The van der Waals surface area contributed by atoms with Crippen molar-refractivity contribution in [3.05, 3.63) is 59.7 Å². The number of nitrogens with zero attached hydrogens (tertiary/aromatic N) is 1. The molecule has 14 heteroatoms. The van der Waals surface area contributed by atoms with Gasteiger partial charge in [0, 0.05) is 44.6 Å². The summed E-state index contributed by atoms with van der Waals surface area (Å²) in [7, 11) is -2.50. The van der Waals surface area contributed by atoms with Crippen molar-refractivity contribution < 1.29 is 37.0 Å². The molecule has 2 aromatic rings. The van der Waals surface area contributed by atoms with E-state index in [1.807, 2.05) is 0 Å². The molecule has 2 atom stereocenters. The van der Waals surface area contributed by atoms with Crippen LogP contribution in [0.4, 0.5) is 0 Å². The van der Waals surface area contributed by atoms with Gasteiger partial charge in [0.2, 0.25) is 11.8 Å². The van der Waals surface area contributed by atoms with Crippen LogP contribution in [0.25, 0.3) is 0 Å². The van der Waals surface area contributed by atoms with Crippen molar-refractivity contribution >= 4 is 33.3 Å². The molecule has 0 aliphatic carbocycles. The van der Waals surface area contributed by atoms with E-state index in [2.05, 4.69) is 5.32 Å². The van der Waals surface area contributed by atoms with Crippen molar-refractivity contribution in [3.8, 4) is 5.75 Å². The Morgan fingerprint density at radius 2 is 1.70 bits per heavy atom. The van der Waals surface area contributed by atoms with E-state index in [1.165, 1.54) is 36.3 Å². The van der Waals surface area contributed by atoms with Crippen molar-refractivity contribution in [2.24, 2.45) is 17.4 Å². The summed E-state index contributed by atoms with van der Waals surface area (Å²) in [6.45, 7) is 2.39. The Kier molecular flexibility index (Phi) is 14.6. The van der Waals surface area contributed by atoms with E-state index in [9.17, 15) is 22.8 Å². The van der Waals surface area contributed by atoms with Crippen LogP contribution in [0.5, 0.6) is 5.75 Å². The fourth-order valence-electron chi connectivity index (χ4n) is 5.16. The lowest BCUT2D eigenvalue weighted by Gasteiger charge is -2.28. The van der Waals surface area contributed by atoms with Crippen LogP contribution in [0.1, 0.15) is 43.2 Å². The first-order valence-corrected chi connectivity index (χ1v) is 17.0. The van der Waals surface area contributed by atoms with E-state index in [0.29, 0.717) is 63.5 Å². The number of nitrogens with two attached hydrogens (primary N) is 2. The van der Waals surface area contributed by atoms with E-state index < -0.39 is 33.5 Å². The first-order valence-electron chi connectivity index (χ1n) is 15.3. The number of Topliss-reactive ketones (excluding diaryl/α,β-unsaturated/α-hetero) is 1.